The standard InChI is InChI=1S/C19H28N2O5S/c1-14-6-4-5-13-21(14)27(25,26)16-9-7-15(8-10-16)17(22)20-12-11-19(2,3)18(23)24/h7-10,14H,4-6,11-13H2,1-3H3,(H,20,22)(H,23,24). The van der Waals surface area contributed by atoms with Crippen LogP contribution in [0.3, 0.4) is 0 Å². The van der Waals surface area contributed by atoms with Crippen molar-refractivity contribution in [3.8, 4) is 0 Å². The van der Waals surface area contributed by atoms with Crippen LogP contribution in [-0.4, -0.2) is 48.8 Å². The van der Waals surface area contributed by atoms with Crippen LogP contribution in [0.2, 0.25) is 0 Å². The highest BCUT2D eigenvalue weighted by Gasteiger charge is 2.31. The fourth-order valence-electron chi connectivity index (χ4n) is 3.04. The summed E-state index contributed by atoms with van der Waals surface area (Å²) in [6.07, 6.45) is 3.04. The van der Waals surface area contributed by atoms with Crippen molar-refractivity contribution in [1.82, 2.24) is 9.62 Å². The molecule has 7 nitrogen and oxygen atoms in total. The molecule has 1 atom stereocenters. The summed E-state index contributed by atoms with van der Waals surface area (Å²) < 4.78 is 27.1. The zero-order valence-corrected chi connectivity index (χ0v) is 16.9. The SMILES string of the molecule is CC1CCCCN1S(=O)(=O)c1ccc(C(=O)NCCC(C)(C)C(=O)O)cc1. The summed E-state index contributed by atoms with van der Waals surface area (Å²) in [4.78, 5) is 23.5. The molecule has 8 heteroatoms. The molecule has 2 N–H and O–H groups in total. The van der Waals surface area contributed by atoms with Crippen LogP contribution < -0.4 is 5.32 Å². The topological polar surface area (TPSA) is 104 Å². The molecular weight excluding hydrogens is 368 g/mol. The molecule has 1 amide bonds. The Morgan fingerprint density at radius 1 is 1.22 bits per heavy atom. The number of nitrogens with zero attached hydrogens (tertiary/aromatic N) is 1. The highest BCUT2D eigenvalue weighted by atomic mass is 32.2. The van der Waals surface area contributed by atoms with Gasteiger partial charge in [-0.05, 0) is 64.3 Å². The number of benzene rings is 1. The Morgan fingerprint density at radius 2 is 1.85 bits per heavy atom. The summed E-state index contributed by atoms with van der Waals surface area (Å²) in [6.45, 7) is 5.86. The number of aliphatic carboxylic acids is 1. The molecule has 0 radical (unpaired) electrons. The van der Waals surface area contributed by atoms with Gasteiger partial charge in [-0.25, -0.2) is 8.42 Å². The number of carbonyl (C=O) groups is 2. The molecule has 1 aromatic carbocycles. The third-order valence-electron chi connectivity index (χ3n) is 5.08. The lowest BCUT2D eigenvalue weighted by Gasteiger charge is -2.32. The zero-order chi connectivity index (χ0) is 20.2. The predicted molar refractivity (Wildman–Crippen MR) is 102 cm³/mol. The molecule has 0 aliphatic carbocycles. The summed E-state index contributed by atoms with van der Waals surface area (Å²) in [5, 5.41) is 11.8. The highest BCUT2D eigenvalue weighted by molar-refractivity contribution is 7.89. The summed E-state index contributed by atoms with van der Waals surface area (Å²) in [6, 6.07) is 5.85. The molecule has 1 fully saturated rings. The van der Waals surface area contributed by atoms with Crippen molar-refractivity contribution in [3.05, 3.63) is 29.8 Å². The van der Waals surface area contributed by atoms with Gasteiger partial charge < -0.3 is 10.4 Å². The second-order valence-electron chi connectivity index (χ2n) is 7.68. The summed E-state index contributed by atoms with van der Waals surface area (Å²) in [7, 11) is -3.56. The molecule has 0 aromatic heterocycles. The van der Waals surface area contributed by atoms with Crippen LogP contribution in [0.4, 0.5) is 0 Å². The average molecular weight is 397 g/mol. The van der Waals surface area contributed by atoms with E-state index in [1.165, 1.54) is 28.6 Å². The minimum Gasteiger partial charge on any atom is -0.481 e. The Balaban J connectivity index is 2.02. The molecule has 1 heterocycles. The number of carboxylic acid groups (broad SMARTS) is 1. The quantitative estimate of drug-likeness (QED) is 0.737. The van der Waals surface area contributed by atoms with Gasteiger partial charge in [0.1, 0.15) is 0 Å². The van der Waals surface area contributed by atoms with Gasteiger partial charge >= 0.3 is 5.97 Å². The number of amides is 1. The minimum atomic E-state index is -3.56. The molecule has 0 bridgehead atoms. The van der Waals surface area contributed by atoms with Gasteiger partial charge in [0.05, 0.1) is 10.3 Å². The van der Waals surface area contributed by atoms with Crippen molar-refractivity contribution in [3.63, 3.8) is 0 Å². The predicted octanol–water partition coefficient (Wildman–Crippen LogP) is 2.48. The number of hydrogen-bond acceptors (Lipinski definition) is 4. The van der Waals surface area contributed by atoms with Crippen LogP contribution in [0.5, 0.6) is 0 Å². The fraction of sp³-hybridized carbons (Fsp3) is 0.579. The van der Waals surface area contributed by atoms with Gasteiger partial charge in [0.25, 0.3) is 5.91 Å². The number of carboxylic acids is 1. The van der Waals surface area contributed by atoms with Crippen LogP contribution in [0.25, 0.3) is 0 Å². The number of hydrogen-bond donors (Lipinski definition) is 2. The summed E-state index contributed by atoms with van der Waals surface area (Å²) in [5.74, 6) is -1.27. The van der Waals surface area contributed by atoms with E-state index in [4.69, 9.17) is 5.11 Å². The second kappa shape index (κ2) is 8.39. The number of sulfonamides is 1. The average Bonchev–Trinajstić information content (AvgIpc) is 2.61. The second-order valence-corrected chi connectivity index (χ2v) is 9.57. The Morgan fingerprint density at radius 3 is 2.41 bits per heavy atom. The van der Waals surface area contributed by atoms with Crippen molar-refractivity contribution < 1.29 is 23.1 Å². The highest BCUT2D eigenvalue weighted by Crippen LogP contribution is 2.25. The van der Waals surface area contributed by atoms with E-state index in [9.17, 15) is 18.0 Å². The summed E-state index contributed by atoms with van der Waals surface area (Å²) in [5.41, 5.74) is -0.579. The van der Waals surface area contributed by atoms with Crippen molar-refractivity contribution in [2.75, 3.05) is 13.1 Å². The molecule has 1 saturated heterocycles. The van der Waals surface area contributed by atoms with E-state index in [2.05, 4.69) is 5.32 Å². The number of rotatable bonds is 7. The van der Waals surface area contributed by atoms with Crippen LogP contribution in [0.15, 0.2) is 29.2 Å². The van der Waals surface area contributed by atoms with E-state index in [-0.39, 0.29) is 23.4 Å². The first kappa shape index (κ1) is 21.4. The van der Waals surface area contributed by atoms with Crippen molar-refractivity contribution in [1.29, 1.82) is 0 Å². The molecule has 1 aromatic rings. The lowest BCUT2D eigenvalue weighted by molar-refractivity contribution is -0.147. The van der Waals surface area contributed by atoms with E-state index >= 15 is 0 Å². The number of nitrogens with one attached hydrogen (secondary N) is 1. The van der Waals surface area contributed by atoms with Crippen molar-refractivity contribution in [2.24, 2.45) is 5.41 Å². The molecule has 1 unspecified atom stereocenters. The van der Waals surface area contributed by atoms with E-state index in [0.717, 1.165) is 19.3 Å². The lowest BCUT2D eigenvalue weighted by atomic mass is 9.90. The van der Waals surface area contributed by atoms with Crippen LogP contribution >= 0.6 is 0 Å². The first-order chi connectivity index (χ1) is 12.6. The molecule has 27 heavy (non-hydrogen) atoms. The van der Waals surface area contributed by atoms with Gasteiger partial charge in [0.15, 0.2) is 0 Å². The Kier molecular flexibility index (Phi) is 6.64. The third-order valence-corrected chi connectivity index (χ3v) is 7.11. The van der Waals surface area contributed by atoms with E-state index in [1.54, 1.807) is 13.8 Å². The largest absolute Gasteiger partial charge is 0.481 e. The first-order valence-corrected chi connectivity index (χ1v) is 10.6. The van der Waals surface area contributed by atoms with E-state index in [0.29, 0.717) is 18.5 Å². The molecule has 2 rings (SSSR count). The van der Waals surface area contributed by atoms with Crippen LogP contribution in [0.1, 0.15) is 56.8 Å². The van der Waals surface area contributed by atoms with Crippen molar-refractivity contribution >= 4 is 21.9 Å². The Hall–Kier alpha value is -1.93. The smallest absolute Gasteiger partial charge is 0.309 e. The number of piperidine rings is 1. The van der Waals surface area contributed by atoms with Crippen LogP contribution in [-0.2, 0) is 14.8 Å². The molecule has 0 saturated carbocycles. The maximum Gasteiger partial charge on any atom is 0.309 e. The van der Waals surface area contributed by atoms with Gasteiger partial charge in [-0.1, -0.05) is 6.42 Å². The third kappa shape index (κ3) is 5.07. The molecular formula is C19H28N2O5S. The molecule has 150 valence electrons. The maximum atomic E-state index is 12.8. The lowest BCUT2D eigenvalue weighted by Crippen LogP contribution is -2.41. The van der Waals surface area contributed by atoms with Gasteiger partial charge in [-0.2, -0.15) is 4.31 Å². The Bertz CT molecular complexity index is 787. The molecule has 1 aliphatic rings. The van der Waals surface area contributed by atoms with E-state index < -0.39 is 21.4 Å². The van der Waals surface area contributed by atoms with Gasteiger partial charge in [0.2, 0.25) is 10.0 Å². The fourth-order valence-corrected chi connectivity index (χ4v) is 4.74. The van der Waals surface area contributed by atoms with Gasteiger partial charge in [-0.3, -0.25) is 9.59 Å². The van der Waals surface area contributed by atoms with Gasteiger partial charge in [0, 0.05) is 24.7 Å². The Labute approximate surface area is 160 Å². The summed E-state index contributed by atoms with van der Waals surface area (Å²) >= 11 is 0. The van der Waals surface area contributed by atoms with E-state index in [1.807, 2.05) is 6.92 Å². The van der Waals surface area contributed by atoms with Crippen LogP contribution in [0, 0.1) is 5.41 Å². The first-order valence-electron chi connectivity index (χ1n) is 9.19. The maximum absolute atomic E-state index is 12.8. The zero-order valence-electron chi connectivity index (χ0n) is 16.1. The van der Waals surface area contributed by atoms with Crippen molar-refractivity contribution in [2.45, 2.75) is 57.4 Å². The minimum absolute atomic E-state index is 0.0238. The molecule has 1 aliphatic heterocycles. The molecule has 0 spiro atoms. The normalized spacial score (nSPS) is 18.9. The van der Waals surface area contributed by atoms with Gasteiger partial charge in [-0.15, -0.1) is 0 Å². The monoisotopic (exact) mass is 396 g/mol. The number of carbonyl (C=O) groups excluding carboxylic acids is 1.